The van der Waals surface area contributed by atoms with Gasteiger partial charge in [-0.25, -0.2) is 0 Å². The molecule has 0 spiro atoms. The molecule has 2 aromatic heterocycles. The van der Waals surface area contributed by atoms with E-state index in [0.717, 1.165) is 16.6 Å². The molecule has 0 atom stereocenters. The lowest BCUT2D eigenvalue weighted by atomic mass is 10.1. The molecule has 28 heavy (non-hydrogen) atoms. The number of thioether (sulfide) groups is 1. The van der Waals surface area contributed by atoms with Gasteiger partial charge in [-0.05, 0) is 30.3 Å². The second kappa shape index (κ2) is 7.50. The van der Waals surface area contributed by atoms with Gasteiger partial charge in [0.15, 0.2) is 5.58 Å². The van der Waals surface area contributed by atoms with Crippen LogP contribution in [0.1, 0.15) is 16.9 Å². The molecule has 1 fully saturated rings. The standard InChI is InChI=1S/C21H15N3O2S2/c1-24(2)16-7-4-13(5-8-16)3-6-14-11-22-12-15-9-17(26-19(14)15)10-18-20(25)23-21(27)28-18/h4-5,7-12H,1-2H3,(H,23,25,27)/b18-10+. The van der Waals surface area contributed by atoms with Gasteiger partial charge in [-0.2, -0.15) is 0 Å². The topological polar surface area (TPSA) is 58.4 Å². The molecule has 1 saturated heterocycles. The zero-order valence-electron chi connectivity index (χ0n) is 15.1. The van der Waals surface area contributed by atoms with Crippen molar-refractivity contribution in [2.75, 3.05) is 19.0 Å². The maximum absolute atomic E-state index is 11.8. The zero-order chi connectivity index (χ0) is 19.7. The van der Waals surface area contributed by atoms with Crippen LogP contribution < -0.4 is 10.2 Å². The molecule has 3 heterocycles. The molecule has 4 rings (SSSR count). The first-order valence-corrected chi connectivity index (χ1v) is 9.64. The van der Waals surface area contributed by atoms with Crippen molar-refractivity contribution in [3.63, 3.8) is 0 Å². The number of thiocarbonyl (C=S) groups is 1. The smallest absolute Gasteiger partial charge is 0.263 e. The number of aromatic nitrogens is 1. The number of hydrogen-bond donors (Lipinski definition) is 1. The van der Waals surface area contributed by atoms with Crippen LogP contribution in [-0.2, 0) is 4.79 Å². The molecule has 1 aromatic carbocycles. The predicted molar refractivity (Wildman–Crippen MR) is 117 cm³/mol. The van der Waals surface area contributed by atoms with Crippen molar-refractivity contribution in [3.8, 4) is 11.8 Å². The van der Waals surface area contributed by atoms with Gasteiger partial charge in [-0.1, -0.05) is 35.8 Å². The Bertz CT molecular complexity index is 1180. The van der Waals surface area contributed by atoms with E-state index in [1.165, 1.54) is 11.8 Å². The van der Waals surface area contributed by atoms with Crippen LogP contribution in [0.3, 0.4) is 0 Å². The van der Waals surface area contributed by atoms with E-state index in [9.17, 15) is 4.79 Å². The van der Waals surface area contributed by atoms with Gasteiger partial charge in [0.2, 0.25) is 0 Å². The predicted octanol–water partition coefficient (Wildman–Crippen LogP) is 3.78. The first-order valence-electron chi connectivity index (χ1n) is 8.41. The minimum absolute atomic E-state index is 0.213. The van der Waals surface area contributed by atoms with Gasteiger partial charge < -0.3 is 14.6 Å². The molecule has 1 amide bonds. The van der Waals surface area contributed by atoms with E-state index in [4.69, 9.17) is 16.6 Å². The Morgan fingerprint density at radius 1 is 1.21 bits per heavy atom. The van der Waals surface area contributed by atoms with Crippen molar-refractivity contribution < 1.29 is 9.21 Å². The van der Waals surface area contributed by atoms with Crippen LogP contribution in [0.25, 0.3) is 17.0 Å². The molecular weight excluding hydrogens is 390 g/mol. The number of amides is 1. The van der Waals surface area contributed by atoms with Crippen LogP contribution in [0.2, 0.25) is 0 Å². The Kier molecular flexibility index (Phi) is 4.90. The largest absolute Gasteiger partial charge is 0.455 e. The summed E-state index contributed by atoms with van der Waals surface area (Å²) >= 11 is 6.22. The summed E-state index contributed by atoms with van der Waals surface area (Å²) in [5.41, 5.74) is 3.36. The average molecular weight is 406 g/mol. The summed E-state index contributed by atoms with van der Waals surface area (Å²) in [5, 5.41) is 3.42. The van der Waals surface area contributed by atoms with E-state index in [2.05, 4.69) is 22.1 Å². The zero-order valence-corrected chi connectivity index (χ0v) is 16.8. The van der Waals surface area contributed by atoms with E-state index in [-0.39, 0.29) is 5.91 Å². The summed E-state index contributed by atoms with van der Waals surface area (Å²) < 4.78 is 6.37. The van der Waals surface area contributed by atoms with Gasteiger partial charge in [0.25, 0.3) is 5.91 Å². The first-order chi connectivity index (χ1) is 13.5. The Morgan fingerprint density at radius 3 is 2.68 bits per heavy atom. The van der Waals surface area contributed by atoms with Gasteiger partial charge in [-0.15, -0.1) is 0 Å². The van der Waals surface area contributed by atoms with Crippen molar-refractivity contribution in [1.82, 2.24) is 10.3 Å². The van der Waals surface area contributed by atoms with Crippen LogP contribution in [0.4, 0.5) is 5.69 Å². The molecule has 1 aliphatic heterocycles. The minimum Gasteiger partial charge on any atom is -0.455 e. The van der Waals surface area contributed by atoms with Crippen LogP contribution in [0.5, 0.6) is 0 Å². The van der Waals surface area contributed by atoms with Crippen LogP contribution >= 0.6 is 24.0 Å². The Hall–Kier alpha value is -3.08. The quantitative estimate of drug-likeness (QED) is 0.398. The van der Waals surface area contributed by atoms with Crippen molar-refractivity contribution in [2.24, 2.45) is 0 Å². The van der Waals surface area contributed by atoms with Crippen molar-refractivity contribution >= 4 is 56.9 Å². The molecule has 5 nitrogen and oxygen atoms in total. The van der Waals surface area contributed by atoms with E-state index in [1.807, 2.05) is 49.3 Å². The van der Waals surface area contributed by atoms with Crippen molar-refractivity contribution in [3.05, 3.63) is 64.5 Å². The molecule has 1 N–H and O–H groups in total. The van der Waals surface area contributed by atoms with Gasteiger partial charge in [0.05, 0.1) is 10.5 Å². The molecule has 138 valence electrons. The third kappa shape index (κ3) is 3.79. The molecule has 0 saturated carbocycles. The van der Waals surface area contributed by atoms with Crippen LogP contribution in [0, 0.1) is 11.8 Å². The molecule has 0 radical (unpaired) electrons. The molecule has 0 bridgehead atoms. The molecule has 0 unspecified atom stereocenters. The summed E-state index contributed by atoms with van der Waals surface area (Å²) in [6, 6.07) is 9.84. The van der Waals surface area contributed by atoms with E-state index in [0.29, 0.717) is 26.1 Å². The Labute approximate surface area is 171 Å². The summed E-state index contributed by atoms with van der Waals surface area (Å²) in [4.78, 5) is 18.6. The number of carbonyl (C=O) groups excluding carboxylic acids is 1. The normalized spacial score (nSPS) is 14.9. The number of rotatable bonds is 2. The number of fused-ring (bicyclic) bond motifs is 1. The first kappa shape index (κ1) is 18.3. The highest BCUT2D eigenvalue weighted by Crippen LogP contribution is 2.29. The maximum Gasteiger partial charge on any atom is 0.263 e. The third-order valence-corrected chi connectivity index (χ3v) is 5.25. The minimum atomic E-state index is -0.213. The summed E-state index contributed by atoms with van der Waals surface area (Å²) in [5.74, 6) is 6.62. The fourth-order valence-corrected chi connectivity index (χ4v) is 3.70. The highest BCUT2D eigenvalue weighted by atomic mass is 32.2. The lowest BCUT2D eigenvalue weighted by molar-refractivity contribution is -0.115. The SMILES string of the molecule is CN(C)c1ccc(C#Cc2cncc3cc(/C=C4/SC(=S)NC4=O)oc23)cc1. The van der Waals surface area contributed by atoms with E-state index >= 15 is 0 Å². The number of anilines is 1. The summed E-state index contributed by atoms with van der Waals surface area (Å²) in [6.07, 6.45) is 5.07. The summed E-state index contributed by atoms with van der Waals surface area (Å²) in [6.45, 7) is 0. The monoisotopic (exact) mass is 405 g/mol. The molecule has 1 aliphatic rings. The number of nitrogens with zero attached hydrogens (tertiary/aromatic N) is 2. The van der Waals surface area contributed by atoms with Gasteiger partial charge in [0.1, 0.15) is 10.1 Å². The summed E-state index contributed by atoms with van der Waals surface area (Å²) in [7, 11) is 4.00. The van der Waals surface area contributed by atoms with Crippen LogP contribution in [-0.4, -0.2) is 29.3 Å². The van der Waals surface area contributed by atoms with Gasteiger partial charge >= 0.3 is 0 Å². The molecular formula is C21H15N3O2S2. The van der Waals surface area contributed by atoms with Gasteiger partial charge in [-0.3, -0.25) is 9.78 Å². The van der Waals surface area contributed by atoms with Gasteiger partial charge in [0, 0.05) is 49.2 Å². The number of carbonyl (C=O) groups is 1. The second-order valence-corrected chi connectivity index (χ2v) is 8.02. The van der Waals surface area contributed by atoms with Crippen LogP contribution in [0.15, 0.2) is 52.0 Å². The lowest BCUT2D eigenvalue weighted by Gasteiger charge is -2.11. The number of nitrogens with one attached hydrogen (secondary N) is 1. The Balaban J connectivity index is 1.66. The van der Waals surface area contributed by atoms with Crippen molar-refractivity contribution in [2.45, 2.75) is 0 Å². The third-order valence-electron chi connectivity index (χ3n) is 4.08. The maximum atomic E-state index is 11.8. The number of benzene rings is 1. The van der Waals surface area contributed by atoms with Crippen molar-refractivity contribution in [1.29, 1.82) is 0 Å². The second-order valence-electron chi connectivity index (χ2n) is 6.30. The Morgan fingerprint density at radius 2 is 2.00 bits per heavy atom. The lowest BCUT2D eigenvalue weighted by Crippen LogP contribution is -2.17. The number of hydrogen-bond acceptors (Lipinski definition) is 6. The van der Waals surface area contributed by atoms with E-state index < -0.39 is 0 Å². The molecule has 0 aliphatic carbocycles. The number of furan rings is 1. The van der Waals surface area contributed by atoms with E-state index in [1.54, 1.807) is 18.5 Å². The average Bonchev–Trinajstić information content (AvgIpc) is 3.22. The molecule has 7 heteroatoms. The fraction of sp³-hybridized carbons (Fsp3) is 0.0952. The highest BCUT2D eigenvalue weighted by Gasteiger charge is 2.22. The molecule has 3 aromatic rings. The fourth-order valence-electron chi connectivity index (χ4n) is 2.67. The highest BCUT2D eigenvalue weighted by molar-refractivity contribution is 8.26. The number of pyridine rings is 1.